The molecule has 3 heteroatoms. The van der Waals surface area contributed by atoms with Crippen LogP contribution in [0.25, 0.3) is 0 Å². The molecule has 0 fully saturated rings. The first-order chi connectivity index (χ1) is 10.8. The van der Waals surface area contributed by atoms with Crippen LogP contribution >= 0.6 is 0 Å². The number of carbonyl (C=O) groups excluding carboxylic acids is 1. The molecule has 0 spiro atoms. The van der Waals surface area contributed by atoms with Crippen LogP contribution in [-0.4, -0.2) is 6.03 Å². The van der Waals surface area contributed by atoms with Gasteiger partial charge in [-0.25, -0.2) is 4.79 Å². The molecule has 1 aliphatic heterocycles. The molecule has 2 amide bonds. The van der Waals surface area contributed by atoms with Gasteiger partial charge in [-0.15, -0.1) is 0 Å². The summed E-state index contributed by atoms with van der Waals surface area (Å²) in [6, 6.07) is 20.2. The highest BCUT2D eigenvalue weighted by Crippen LogP contribution is 2.17. The van der Waals surface area contributed by atoms with Gasteiger partial charge in [0.15, 0.2) is 0 Å². The summed E-state index contributed by atoms with van der Waals surface area (Å²) in [6.07, 6.45) is 5.18. The molecule has 0 aromatic heterocycles. The lowest BCUT2D eigenvalue weighted by atomic mass is 9.99. The number of benzene rings is 2. The van der Waals surface area contributed by atoms with Crippen molar-refractivity contribution in [2.75, 3.05) is 0 Å². The molecule has 0 unspecified atom stereocenters. The predicted molar refractivity (Wildman–Crippen MR) is 88.1 cm³/mol. The van der Waals surface area contributed by atoms with Crippen LogP contribution in [-0.2, 0) is 12.8 Å². The first-order valence-corrected chi connectivity index (χ1v) is 7.35. The average molecular weight is 290 g/mol. The second kappa shape index (κ2) is 6.76. The number of allylic oxidation sites excluding steroid dienone is 3. The monoisotopic (exact) mass is 290 g/mol. The van der Waals surface area contributed by atoms with E-state index >= 15 is 0 Å². The van der Waals surface area contributed by atoms with Gasteiger partial charge in [-0.3, -0.25) is 0 Å². The molecule has 0 aliphatic carbocycles. The van der Waals surface area contributed by atoms with Gasteiger partial charge >= 0.3 is 6.03 Å². The molecule has 1 heterocycles. The maximum atomic E-state index is 11.8. The van der Waals surface area contributed by atoms with Crippen molar-refractivity contribution in [1.82, 2.24) is 10.6 Å². The Bertz CT molecular complexity index is 703. The molecule has 0 atom stereocenters. The molecule has 22 heavy (non-hydrogen) atoms. The molecule has 0 saturated carbocycles. The number of urea groups is 1. The molecule has 3 nitrogen and oxygen atoms in total. The van der Waals surface area contributed by atoms with E-state index in [-0.39, 0.29) is 6.03 Å². The van der Waals surface area contributed by atoms with Crippen molar-refractivity contribution in [3.63, 3.8) is 0 Å². The smallest absolute Gasteiger partial charge is 0.314 e. The van der Waals surface area contributed by atoms with E-state index < -0.39 is 0 Å². The van der Waals surface area contributed by atoms with Gasteiger partial charge in [0, 0.05) is 18.3 Å². The molecule has 0 radical (unpaired) electrons. The van der Waals surface area contributed by atoms with Crippen LogP contribution in [0.4, 0.5) is 4.79 Å². The van der Waals surface area contributed by atoms with Crippen molar-refractivity contribution in [3.05, 3.63) is 95.3 Å². The summed E-state index contributed by atoms with van der Waals surface area (Å²) in [5, 5.41) is 5.67. The van der Waals surface area contributed by atoms with Gasteiger partial charge in [0.25, 0.3) is 0 Å². The Kier molecular flexibility index (Phi) is 4.35. The summed E-state index contributed by atoms with van der Waals surface area (Å²) in [6.45, 7) is 0. The molecule has 2 N–H and O–H groups in total. The summed E-state index contributed by atoms with van der Waals surface area (Å²) in [5.41, 5.74) is 4.47. The van der Waals surface area contributed by atoms with Gasteiger partial charge in [-0.05, 0) is 29.2 Å². The summed E-state index contributed by atoms with van der Waals surface area (Å²) in [4.78, 5) is 11.8. The fraction of sp³-hybridized carbons (Fsp3) is 0.105. The third kappa shape index (κ3) is 3.64. The van der Waals surface area contributed by atoms with E-state index in [0.717, 1.165) is 17.7 Å². The maximum absolute atomic E-state index is 11.8. The number of rotatable bonds is 4. The van der Waals surface area contributed by atoms with Crippen molar-refractivity contribution in [1.29, 1.82) is 0 Å². The van der Waals surface area contributed by atoms with Crippen LogP contribution in [0.1, 0.15) is 11.1 Å². The second-order valence-corrected chi connectivity index (χ2v) is 5.26. The lowest BCUT2D eigenvalue weighted by Crippen LogP contribution is -2.31. The van der Waals surface area contributed by atoms with Crippen LogP contribution < -0.4 is 10.6 Å². The Morgan fingerprint density at radius 1 is 0.773 bits per heavy atom. The largest absolute Gasteiger partial charge is 0.322 e. The summed E-state index contributed by atoms with van der Waals surface area (Å²) >= 11 is 0. The number of hydrogen-bond acceptors (Lipinski definition) is 1. The van der Waals surface area contributed by atoms with Crippen LogP contribution in [0, 0.1) is 0 Å². The minimum absolute atomic E-state index is 0.190. The third-order valence-corrected chi connectivity index (χ3v) is 3.61. The van der Waals surface area contributed by atoms with Gasteiger partial charge in [0.1, 0.15) is 0 Å². The Morgan fingerprint density at radius 3 is 2.00 bits per heavy atom. The van der Waals surface area contributed by atoms with Crippen molar-refractivity contribution in [3.8, 4) is 0 Å². The molecular formula is C19H18N2O. The van der Waals surface area contributed by atoms with Crippen LogP contribution in [0.5, 0.6) is 0 Å². The zero-order chi connectivity index (χ0) is 15.2. The minimum Gasteiger partial charge on any atom is -0.314 e. The van der Waals surface area contributed by atoms with Crippen LogP contribution in [0.3, 0.4) is 0 Å². The van der Waals surface area contributed by atoms with Crippen molar-refractivity contribution in [2.24, 2.45) is 0 Å². The summed E-state index contributed by atoms with van der Waals surface area (Å²) in [7, 11) is 0. The van der Waals surface area contributed by atoms with Gasteiger partial charge in [0.2, 0.25) is 0 Å². The molecule has 0 bridgehead atoms. The van der Waals surface area contributed by atoms with Gasteiger partial charge < -0.3 is 10.6 Å². The highest BCUT2D eigenvalue weighted by Gasteiger charge is 2.12. The lowest BCUT2D eigenvalue weighted by molar-refractivity contribution is 0.246. The Morgan fingerprint density at radius 2 is 1.36 bits per heavy atom. The van der Waals surface area contributed by atoms with Gasteiger partial charge in [0.05, 0.1) is 0 Å². The van der Waals surface area contributed by atoms with Crippen LogP contribution in [0.2, 0.25) is 0 Å². The zero-order valence-corrected chi connectivity index (χ0v) is 12.3. The minimum atomic E-state index is -0.190. The molecule has 0 saturated heterocycles. The summed E-state index contributed by atoms with van der Waals surface area (Å²) < 4.78 is 0. The van der Waals surface area contributed by atoms with E-state index in [9.17, 15) is 4.79 Å². The summed E-state index contributed by atoms with van der Waals surface area (Å²) in [5.74, 6) is 0. The Hall–Kier alpha value is -2.81. The quantitative estimate of drug-likeness (QED) is 0.888. The fourth-order valence-electron chi connectivity index (χ4n) is 2.51. The first kappa shape index (κ1) is 14.1. The van der Waals surface area contributed by atoms with E-state index in [4.69, 9.17) is 0 Å². The Labute approximate surface area is 130 Å². The topological polar surface area (TPSA) is 41.1 Å². The molecule has 110 valence electrons. The number of nitrogens with one attached hydrogen (secondary N) is 2. The van der Waals surface area contributed by atoms with E-state index in [2.05, 4.69) is 34.9 Å². The standard InChI is InChI=1S/C19H18N2O/c22-19-20-12-11-17(13-15-7-3-1-4-8-15)18(21-19)14-16-9-5-2-6-10-16/h1-12H,13-14H2,(H2,20,21,22). The number of amides is 2. The zero-order valence-electron chi connectivity index (χ0n) is 12.3. The molecule has 2 aromatic carbocycles. The second-order valence-electron chi connectivity index (χ2n) is 5.26. The molecule has 1 aliphatic rings. The Balaban J connectivity index is 1.90. The fourth-order valence-corrected chi connectivity index (χ4v) is 2.51. The van der Waals surface area contributed by atoms with E-state index in [1.807, 2.05) is 42.5 Å². The third-order valence-electron chi connectivity index (χ3n) is 3.61. The highest BCUT2D eigenvalue weighted by molar-refractivity contribution is 5.78. The molecule has 3 rings (SSSR count). The predicted octanol–water partition coefficient (Wildman–Crippen LogP) is 3.55. The van der Waals surface area contributed by atoms with E-state index in [1.54, 1.807) is 6.20 Å². The molecular weight excluding hydrogens is 272 g/mol. The first-order valence-electron chi connectivity index (χ1n) is 7.35. The van der Waals surface area contributed by atoms with Gasteiger partial charge in [-0.1, -0.05) is 60.7 Å². The normalized spacial score (nSPS) is 14.3. The van der Waals surface area contributed by atoms with Crippen LogP contribution in [0.15, 0.2) is 84.2 Å². The van der Waals surface area contributed by atoms with Crippen molar-refractivity contribution in [2.45, 2.75) is 12.8 Å². The maximum Gasteiger partial charge on any atom is 0.322 e. The number of carbonyl (C=O) groups is 1. The highest BCUT2D eigenvalue weighted by atomic mass is 16.2. The SMILES string of the molecule is O=C1NC=CC(Cc2ccccc2)=C(Cc2ccccc2)N1. The van der Waals surface area contributed by atoms with Gasteiger partial charge in [-0.2, -0.15) is 0 Å². The lowest BCUT2D eigenvalue weighted by Gasteiger charge is -2.13. The van der Waals surface area contributed by atoms with E-state index in [1.165, 1.54) is 11.1 Å². The van der Waals surface area contributed by atoms with Crippen molar-refractivity contribution < 1.29 is 4.79 Å². The molecule has 2 aromatic rings. The average Bonchev–Trinajstić information content (AvgIpc) is 2.71. The van der Waals surface area contributed by atoms with Crippen molar-refractivity contribution >= 4 is 6.03 Å². The number of hydrogen-bond donors (Lipinski definition) is 2. The van der Waals surface area contributed by atoms with E-state index in [0.29, 0.717) is 6.42 Å².